The molecule has 0 radical (unpaired) electrons. The zero-order valence-electron chi connectivity index (χ0n) is 18.1. The molecule has 2 aromatic heterocycles. The Hall–Kier alpha value is -2.37. The Morgan fingerprint density at radius 2 is 1.79 bits per heavy atom. The Kier molecular flexibility index (Phi) is 7.61. The third-order valence-electron chi connectivity index (χ3n) is 4.61. The Morgan fingerprint density at radius 1 is 1.14 bits per heavy atom. The van der Waals surface area contributed by atoms with Crippen molar-refractivity contribution in [2.75, 3.05) is 19.6 Å². The first-order valence-electron chi connectivity index (χ1n) is 10.2. The van der Waals surface area contributed by atoms with Crippen LogP contribution >= 0.6 is 0 Å². The lowest BCUT2D eigenvalue weighted by Gasteiger charge is -2.26. The molecule has 1 N–H and O–H groups in total. The number of aromatic nitrogens is 2. The number of hydrogen-bond acceptors (Lipinski definition) is 3. The number of nitrogens with one attached hydrogen (secondary N) is 1. The first-order valence-corrected chi connectivity index (χ1v) is 10.2. The van der Waals surface area contributed by atoms with Crippen LogP contribution in [0.2, 0.25) is 0 Å². The smallest absolute Gasteiger partial charge is 0.270 e. The van der Waals surface area contributed by atoms with Crippen molar-refractivity contribution in [3.8, 4) is 0 Å². The first kappa shape index (κ1) is 21.9. The van der Waals surface area contributed by atoms with Crippen molar-refractivity contribution < 1.29 is 9.59 Å². The fraction of sp³-hybridized carbons (Fsp3) is 0.591. The van der Waals surface area contributed by atoms with E-state index in [1.54, 1.807) is 0 Å². The van der Waals surface area contributed by atoms with Crippen molar-refractivity contribution in [2.24, 2.45) is 11.8 Å². The molecule has 2 heterocycles. The van der Waals surface area contributed by atoms with Gasteiger partial charge in [0.05, 0.1) is 5.69 Å². The molecule has 0 spiro atoms. The molecule has 2 amide bonds. The lowest BCUT2D eigenvalue weighted by Crippen LogP contribution is -2.37. The highest BCUT2D eigenvalue weighted by atomic mass is 16.2. The van der Waals surface area contributed by atoms with Crippen molar-refractivity contribution in [1.82, 2.24) is 19.6 Å². The van der Waals surface area contributed by atoms with Crippen molar-refractivity contribution in [2.45, 2.75) is 54.4 Å². The monoisotopic (exact) mass is 386 g/mol. The molecule has 0 bridgehead atoms. The molecular weight excluding hydrogens is 352 g/mol. The van der Waals surface area contributed by atoms with E-state index in [0.717, 1.165) is 24.3 Å². The number of nitrogens with zero attached hydrogens (tertiary/aromatic N) is 3. The SMILES string of the molecule is Cc1nc2c(C)cccn2c1C(=O)NCCCC(=O)N(CC(C)C)CC(C)C. The average Bonchev–Trinajstić information content (AvgIpc) is 2.94. The molecule has 0 unspecified atom stereocenters. The summed E-state index contributed by atoms with van der Waals surface area (Å²) in [5.41, 5.74) is 3.11. The van der Waals surface area contributed by atoms with Crippen LogP contribution in [-0.4, -0.2) is 45.7 Å². The Bertz CT molecular complexity index is 813. The molecule has 2 aromatic rings. The van der Waals surface area contributed by atoms with Crippen molar-refractivity contribution in [3.63, 3.8) is 0 Å². The van der Waals surface area contributed by atoms with Crippen LogP contribution in [0.4, 0.5) is 0 Å². The van der Waals surface area contributed by atoms with E-state index in [9.17, 15) is 9.59 Å². The minimum absolute atomic E-state index is 0.149. The highest BCUT2D eigenvalue weighted by molar-refractivity contribution is 5.94. The largest absolute Gasteiger partial charge is 0.351 e. The molecule has 0 atom stereocenters. The van der Waals surface area contributed by atoms with Gasteiger partial charge in [0, 0.05) is 32.3 Å². The number of fused-ring (bicyclic) bond motifs is 1. The lowest BCUT2D eigenvalue weighted by molar-refractivity contribution is -0.132. The van der Waals surface area contributed by atoms with Crippen LogP contribution in [0.5, 0.6) is 0 Å². The molecule has 2 rings (SSSR count). The molecule has 0 saturated heterocycles. The van der Waals surface area contributed by atoms with Crippen LogP contribution in [0, 0.1) is 25.7 Å². The number of hydrogen-bond donors (Lipinski definition) is 1. The van der Waals surface area contributed by atoms with Crippen molar-refractivity contribution >= 4 is 17.5 Å². The maximum atomic E-state index is 12.7. The third-order valence-corrected chi connectivity index (χ3v) is 4.61. The summed E-state index contributed by atoms with van der Waals surface area (Å²) in [7, 11) is 0. The van der Waals surface area contributed by atoms with E-state index in [1.807, 2.05) is 41.5 Å². The summed E-state index contributed by atoms with van der Waals surface area (Å²) >= 11 is 0. The molecule has 0 aliphatic rings. The normalized spacial score (nSPS) is 11.4. The summed E-state index contributed by atoms with van der Waals surface area (Å²) < 4.78 is 1.83. The van der Waals surface area contributed by atoms with Crippen molar-refractivity contribution in [1.29, 1.82) is 0 Å². The second-order valence-corrected chi connectivity index (χ2v) is 8.38. The molecule has 0 saturated carbocycles. The van der Waals surface area contributed by atoms with Crippen LogP contribution < -0.4 is 5.32 Å². The van der Waals surface area contributed by atoms with Crippen LogP contribution in [0.15, 0.2) is 18.3 Å². The lowest BCUT2D eigenvalue weighted by atomic mass is 10.1. The zero-order valence-corrected chi connectivity index (χ0v) is 18.1. The summed E-state index contributed by atoms with van der Waals surface area (Å²) in [4.78, 5) is 31.7. The van der Waals surface area contributed by atoms with Gasteiger partial charge >= 0.3 is 0 Å². The highest BCUT2D eigenvalue weighted by Crippen LogP contribution is 2.15. The Balaban J connectivity index is 1.91. The molecule has 6 heteroatoms. The molecule has 6 nitrogen and oxygen atoms in total. The quantitative estimate of drug-likeness (QED) is 0.670. The van der Waals surface area contributed by atoms with Gasteiger partial charge in [-0.05, 0) is 43.7 Å². The summed E-state index contributed by atoms with van der Waals surface area (Å²) in [5, 5.41) is 2.94. The van der Waals surface area contributed by atoms with Gasteiger partial charge in [-0.25, -0.2) is 4.98 Å². The Morgan fingerprint density at radius 3 is 2.39 bits per heavy atom. The standard InChI is InChI=1S/C22H34N4O2/c1-15(2)13-25(14-16(3)4)19(27)10-7-11-23-22(28)20-18(6)24-21-17(5)9-8-12-26(20)21/h8-9,12,15-16H,7,10-11,13-14H2,1-6H3,(H,23,28). The van der Waals surface area contributed by atoms with Gasteiger partial charge < -0.3 is 10.2 Å². The van der Waals surface area contributed by atoms with E-state index < -0.39 is 0 Å². The summed E-state index contributed by atoms with van der Waals surface area (Å²) in [6.07, 6.45) is 2.94. The number of carbonyl (C=O) groups is 2. The van der Waals surface area contributed by atoms with E-state index in [0.29, 0.717) is 42.6 Å². The molecule has 0 fully saturated rings. The van der Waals surface area contributed by atoms with Gasteiger partial charge in [-0.15, -0.1) is 0 Å². The van der Waals surface area contributed by atoms with E-state index in [1.165, 1.54) is 0 Å². The molecule has 28 heavy (non-hydrogen) atoms. The third kappa shape index (κ3) is 5.57. The molecule has 0 aromatic carbocycles. The van der Waals surface area contributed by atoms with Gasteiger partial charge in [0.25, 0.3) is 5.91 Å². The number of pyridine rings is 1. The van der Waals surface area contributed by atoms with Crippen LogP contribution in [0.1, 0.15) is 62.3 Å². The maximum absolute atomic E-state index is 12.7. The number of rotatable bonds is 9. The predicted molar refractivity (Wildman–Crippen MR) is 112 cm³/mol. The van der Waals surface area contributed by atoms with Gasteiger partial charge in [0.15, 0.2) is 0 Å². The van der Waals surface area contributed by atoms with E-state index in [2.05, 4.69) is 38.0 Å². The first-order chi connectivity index (χ1) is 13.2. The summed E-state index contributed by atoms with van der Waals surface area (Å²) in [6, 6.07) is 3.89. The molecule has 0 aliphatic heterocycles. The van der Waals surface area contributed by atoms with Gasteiger partial charge in [0.1, 0.15) is 11.3 Å². The molecule has 0 aliphatic carbocycles. The minimum Gasteiger partial charge on any atom is -0.351 e. The number of aryl methyl sites for hydroxylation is 2. The van der Waals surface area contributed by atoms with Gasteiger partial charge in [-0.2, -0.15) is 0 Å². The van der Waals surface area contributed by atoms with Crippen molar-refractivity contribution in [3.05, 3.63) is 35.3 Å². The average molecular weight is 387 g/mol. The molecule has 154 valence electrons. The fourth-order valence-electron chi connectivity index (χ4n) is 3.43. The van der Waals surface area contributed by atoms with Gasteiger partial charge in [-0.1, -0.05) is 33.8 Å². The Labute approximate surface area is 168 Å². The van der Waals surface area contributed by atoms with Crippen LogP contribution in [0.25, 0.3) is 5.65 Å². The topological polar surface area (TPSA) is 66.7 Å². The minimum atomic E-state index is -0.149. The number of imidazole rings is 1. The molecular formula is C22H34N4O2. The van der Waals surface area contributed by atoms with Crippen LogP contribution in [-0.2, 0) is 4.79 Å². The van der Waals surface area contributed by atoms with Gasteiger partial charge in [-0.3, -0.25) is 14.0 Å². The second kappa shape index (κ2) is 9.71. The zero-order chi connectivity index (χ0) is 20.8. The van der Waals surface area contributed by atoms with E-state index in [-0.39, 0.29) is 11.8 Å². The number of amides is 2. The van der Waals surface area contributed by atoms with Gasteiger partial charge in [0.2, 0.25) is 5.91 Å². The summed E-state index contributed by atoms with van der Waals surface area (Å²) in [6.45, 7) is 14.4. The van der Waals surface area contributed by atoms with E-state index in [4.69, 9.17) is 0 Å². The number of carbonyl (C=O) groups excluding carboxylic acids is 2. The van der Waals surface area contributed by atoms with E-state index >= 15 is 0 Å². The second-order valence-electron chi connectivity index (χ2n) is 8.38. The maximum Gasteiger partial charge on any atom is 0.270 e. The summed E-state index contributed by atoms with van der Waals surface area (Å²) in [5.74, 6) is 0.912. The fourth-order valence-corrected chi connectivity index (χ4v) is 3.43. The predicted octanol–water partition coefficient (Wildman–Crippen LogP) is 3.60. The van der Waals surface area contributed by atoms with Crippen LogP contribution in [0.3, 0.4) is 0 Å². The highest BCUT2D eigenvalue weighted by Gasteiger charge is 2.18.